The van der Waals surface area contributed by atoms with Gasteiger partial charge in [0, 0.05) is 6.07 Å². The molecule has 1 fully saturated rings. The van der Waals surface area contributed by atoms with Gasteiger partial charge in [0.15, 0.2) is 0 Å². The fraction of sp³-hybridized carbons (Fsp3) is 0.500. The first kappa shape index (κ1) is 10.6. The summed E-state index contributed by atoms with van der Waals surface area (Å²) in [6, 6.07) is 3.83. The van der Waals surface area contributed by atoms with Gasteiger partial charge in [-0.15, -0.1) is 0 Å². The minimum absolute atomic E-state index is 0.0891. The number of hydrogen-bond donors (Lipinski definition) is 1. The molecular weight excluding hydrogens is 196 g/mol. The first-order chi connectivity index (χ1) is 7.10. The van der Waals surface area contributed by atoms with Crippen LogP contribution in [-0.2, 0) is 5.41 Å². The van der Waals surface area contributed by atoms with E-state index in [1.165, 1.54) is 12.1 Å². The Hall–Kier alpha value is -0.960. The van der Waals surface area contributed by atoms with Crippen molar-refractivity contribution in [3.63, 3.8) is 0 Å². The van der Waals surface area contributed by atoms with E-state index in [9.17, 15) is 8.78 Å². The van der Waals surface area contributed by atoms with Crippen LogP contribution >= 0.6 is 0 Å². The lowest BCUT2D eigenvalue weighted by Crippen LogP contribution is -2.37. The van der Waals surface area contributed by atoms with Gasteiger partial charge in [0.05, 0.1) is 0 Å². The zero-order valence-corrected chi connectivity index (χ0v) is 8.82. The van der Waals surface area contributed by atoms with Gasteiger partial charge in [-0.1, -0.05) is 6.92 Å². The molecule has 3 heteroatoms. The van der Waals surface area contributed by atoms with E-state index in [1.807, 2.05) is 0 Å². The Bertz CT molecular complexity index is 336. The summed E-state index contributed by atoms with van der Waals surface area (Å²) in [7, 11) is 0. The van der Waals surface area contributed by atoms with Crippen LogP contribution in [0.1, 0.15) is 25.3 Å². The summed E-state index contributed by atoms with van der Waals surface area (Å²) in [5, 5.41) is 3.25. The molecule has 82 valence electrons. The van der Waals surface area contributed by atoms with Crippen LogP contribution in [-0.4, -0.2) is 13.1 Å². The van der Waals surface area contributed by atoms with Crippen LogP contribution in [0.3, 0.4) is 0 Å². The largest absolute Gasteiger partial charge is 0.317 e. The first-order valence-electron chi connectivity index (χ1n) is 5.27. The van der Waals surface area contributed by atoms with E-state index in [-0.39, 0.29) is 5.41 Å². The second-order valence-corrected chi connectivity index (χ2v) is 4.47. The van der Waals surface area contributed by atoms with E-state index in [2.05, 4.69) is 12.2 Å². The van der Waals surface area contributed by atoms with Crippen molar-refractivity contribution in [2.24, 2.45) is 0 Å². The molecule has 1 heterocycles. The molecule has 1 saturated heterocycles. The van der Waals surface area contributed by atoms with Gasteiger partial charge in [0.2, 0.25) is 0 Å². The Kier molecular flexibility index (Phi) is 2.74. The number of piperidine rings is 1. The quantitative estimate of drug-likeness (QED) is 0.753. The highest BCUT2D eigenvalue weighted by Gasteiger charge is 2.29. The Labute approximate surface area is 88.5 Å². The molecule has 1 aromatic carbocycles. The van der Waals surface area contributed by atoms with Gasteiger partial charge in [0.1, 0.15) is 11.6 Å². The number of hydrogen-bond acceptors (Lipinski definition) is 1. The third-order valence-corrected chi connectivity index (χ3v) is 3.27. The highest BCUT2D eigenvalue weighted by atomic mass is 19.1. The van der Waals surface area contributed by atoms with Crippen LogP contribution in [0.5, 0.6) is 0 Å². The molecule has 1 aliphatic heterocycles. The van der Waals surface area contributed by atoms with Crippen molar-refractivity contribution in [2.75, 3.05) is 13.1 Å². The van der Waals surface area contributed by atoms with Gasteiger partial charge in [-0.2, -0.15) is 0 Å². The van der Waals surface area contributed by atoms with Gasteiger partial charge < -0.3 is 5.32 Å². The summed E-state index contributed by atoms with van der Waals surface area (Å²) in [6.07, 6.45) is 1.85. The van der Waals surface area contributed by atoms with Crippen LogP contribution in [0, 0.1) is 11.6 Å². The van der Waals surface area contributed by atoms with Crippen molar-refractivity contribution in [3.05, 3.63) is 35.4 Å². The van der Waals surface area contributed by atoms with E-state index in [1.54, 1.807) is 0 Å². The Morgan fingerprint density at radius 2 is 1.60 bits per heavy atom. The average Bonchev–Trinajstić information content (AvgIpc) is 2.17. The van der Waals surface area contributed by atoms with E-state index in [0.29, 0.717) is 0 Å². The molecule has 0 unspecified atom stereocenters. The van der Waals surface area contributed by atoms with Crippen molar-refractivity contribution in [2.45, 2.75) is 25.2 Å². The molecule has 0 aromatic heterocycles. The van der Waals surface area contributed by atoms with E-state index < -0.39 is 11.6 Å². The summed E-state index contributed by atoms with van der Waals surface area (Å²) in [6.45, 7) is 3.89. The van der Waals surface area contributed by atoms with E-state index in [0.717, 1.165) is 37.6 Å². The molecule has 1 aromatic rings. The molecule has 0 atom stereocenters. The predicted octanol–water partition coefficient (Wildman–Crippen LogP) is 2.61. The van der Waals surface area contributed by atoms with Crippen molar-refractivity contribution < 1.29 is 8.78 Å². The minimum atomic E-state index is -0.482. The minimum Gasteiger partial charge on any atom is -0.317 e. The summed E-state index contributed by atoms with van der Waals surface area (Å²) in [5.41, 5.74) is 0.690. The molecule has 0 amide bonds. The molecule has 1 aliphatic rings. The highest BCUT2D eigenvalue weighted by molar-refractivity contribution is 5.26. The maximum Gasteiger partial charge on any atom is 0.126 e. The number of halogens is 2. The van der Waals surface area contributed by atoms with E-state index in [4.69, 9.17) is 0 Å². The molecule has 0 bridgehead atoms. The molecule has 0 spiro atoms. The zero-order chi connectivity index (χ0) is 10.9. The SMILES string of the molecule is CC1(c2cc(F)cc(F)c2)CCNCC1. The summed E-state index contributed by atoms with van der Waals surface area (Å²) < 4.78 is 26.2. The zero-order valence-electron chi connectivity index (χ0n) is 8.82. The van der Waals surface area contributed by atoms with Gasteiger partial charge in [-0.25, -0.2) is 8.78 Å². The van der Waals surface area contributed by atoms with Crippen LogP contribution < -0.4 is 5.32 Å². The summed E-state index contributed by atoms with van der Waals surface area (Å²) >= 11 is 0. The smallest absolute Gasteiger partial charge is 0.126 e. The fourth-order valence-corrected chi connectivity index (χ4v) is 2.17. The Balaban J connectivity index is 2.34. The Morgan fingerprint density at radius 3 is 2.13 bits per heavy atom. The lowest BCUT2D eigenvalue weighted by atomic mass is 9.75. The van der Waals surface area contributed by atoms with Crippen molar-refractivity contribution >= 4 is 0 Å². The first-order valence-corrected chi connectivity index (χ1v) is 5.27. The van der Waals surface area contributed by atoms with Crippen LogP contribution in [0.4, 0.5) is 8.78 Å². The number of benzene rings is 1. The molecule has 0 saturated carbocycles. The van der Waals surface area contributed by atoms with Crippen LogP contribution in [0.2, 0.25) is 0 Å². The second kappa shape index (κ2) is 3.89. The summed E-state index contributed by atoms with van der Waals surface area (Å²) in [4.78, 5) is 0. The monoisotopic (exact) mass is 211 g/mol. The van der Waals surface area contributed by atoms with Gasteiger partial charge in [-0.3, -0.25) is 0 Å². The van der Waals surface area contributed by atoms with Crippen LogP contribution in [0.15, 0.2) is 18.2 Å². The fourth-order valence-electron chi connectivity index (χ4n) is 2.17. The average molecular weight is 211 g/mol. The Morgan fingerprint density at radius 1 is 1.07 bits per heavy atom. The topological polar surface area (TPSA) is 12.0 Å². The van der Waals surface area contributed by atoms with Crippen molar-refractivity contribution in [1.82, 2.24) is 5.32 Å². The highest BCUT2D eigenvalue weighted by Crippen LogP contribution is 2.33. The molecule has 1 N–H and O–H groups in total. The van der Waals surface area contributed by atoms with Crippen molar-refractivity contribution in [1.29, 1.82) is 0 Å². The maximum atomic E-state index is 13.1. The molecule has 2 rings (SSSR count). The molecule has 1 nitrogen and oxygen atoms in total. The lowest BCUT2D eigenvalue weighted by Gasteiger charge is -2.34. The molecule has 0 radical (unpaired) electrons. The number of rotatable bonds is 1. The second-order valence-electron chi connectivity index (χ2n) is 4.47. The normalized spacial score (nSPS) is 20.2. The third kappa shape index (κ3) is 2.17. The van der Waals surface area contributed by atoms with Gasteiger partial charge in [-0.05, 0) is 49.0 Å². The standard InChI is InChI=1S/C12H15F2N/c1-12(2-4-15-5-3-12)9-6-10(13)8-11(14)7-9/h6-8,15H,2-5H2,1H3. The predicted molar refractivity (Wildman–Crippen MR) is 55.8 cm³/mol. The number of nitrogens with one attached hydrogen (secondary N) is 1. The lowest BCUT2D eigenvalue weighted by molar-refractivity contribution is 0.332. The summed E-state index contributed by atoms with van der Waals surface area (Å²) in [5.74, 6) is -0.963. The molecule has 0 aliphatic carbocycles. The molecule has 15 heavy (non-hydrogen) atoms. The van der Waals surface area contributed by atoms with Gasteiger partial charge >= 0.3 is 0 Å². The third-order valence-electron chi connectivity index (χ3n) is 3.27. The molecular formula is C12H15F2N. The van der Waals surface area contributed by atoms with E-state index >= 15 is 0 Å². The maximum absolute atomic E-state index is 13.1. The van der Waals surface area contributed by atoms with Crippen molar-refractivity contribution in [3.8, 4) is 0 Å². The van der Waals surface area contributed by atoms with Crippen LogP contribution in [0.25, 0.3) is 0 Å². The van der Waals surface area contributed by atoms with Gasteiger partial charge in [0.25, 0.3) is 0 Å².